The fourth-order valence-electron chi connectivity index (χ4n) is 5.65. The van der Waals surface area contributed by atoms with Gasteiger partial charge in [0.15, 0.2) is 11.5 Å². The number of amides is 1. The zero-order valence-corrected chi connectivity index (χ0v) is 23.0. The van der Waals surface area contributed by atoms with Crippen LogP contribution >= 0.6 is 0 Å². The smallest absolute Gasteiger partial charge is 0.284 e. The topological polar surface area (TPSA) is 123 Å². The van der Waals surface area contributed by atoms with Crippen molar-refractivity contribution in [2.24, 2.45) is 5.73 Å². The van der Waals surface area contributed by atoms with Crippen LogP contribution in [0.15, 0.2) is 71.8 Å². The molecule has 208 valence electrons. The van der Waals surface area contributed by atoms with Gasteiger partial charge in [-0.15, -0.1) is 0 Å². The Bertz CT molecular complexity index is 1840. The molecule has 3 heterocycles. The molecule has 0 saturated carbocycles. The molecule has 10 heteroatoms. The number of fused-ring (bicyclic) bond motifs is 2. The number of primary amides is 1. The predicted octanol–water partition coefficient (Wildman–Crippen LogP) is 4.72. The molecule has 1 amide bonds. The highest BCUT2D eigenvalue weighted by Crippen LogP contribution is 2.39. The molecule has 2 aromatic heterocycles. The molecule has 1 unspecified atom stereocenters. The highest BCUT2D eigenvalue weighted by atomic mass is 16.5. The van der Waals surface area contributed by atoms with Gasteiger partial charge in [0.2, 0.25) is 5.88 Å². The van der Waals surface area contributed by atoms with Crippen molar-refractivity contribution >= 4 is 16.8 Å². The molecule has 3 aromatic carbocycles. The summed E-state index contributed by atoms with van der Waals surface area (Å²) in [6.45, 7) is 2.56. The average molecular weight is 552 g/mol. The number of nitrogens with zero attached hydrogens (tertiary/aromatic N) is 4. The lowest BCUT2D eigenvalue weighted by atomic mass is 9.86. The van der Waals surface area contributed by atoms with Crippen molar-refractivity contribution in [1.29, 1.82) is 0 Å². The highest BCUT2D eigenvalue weighted by Gasteiger charge is 2.33. The highest BCUT2D eigenvalue weighted by molar-refractivity contribution is 5.94. The molecule has 1 aliphatic heterocycles. The maximum atomic E-state index is 13.5. The van der Waals surface area contributed by atoms with Crippen molar-refractivity contribution in [3.05, 3.63) is 99.7 Å². The van der Waals surface area contributed by atoms with Crippen molar-refractivity contribution in [3.63, 3.8) is 0 Å². The monoisotopic (exact) mass is 551 g/mol. The van der Waals surface area contributed by atoms with Crippen LogP contribution in [0.5, 0.6) is 23.1 Å². The van der Waals surface area contributed by atoms with E-state index >= 15 is 0 Å². The molecule has 41 heavy (non-hydrogen) atoms. The molecule has 0 spiro atoms. The van der Waals surface area contributed by atoms with E-state index in [1.807, 2.05) is 60.1 Å². The molecule has 0 fully saturated rings. The van der Waals surface area contributed by atoms with Gasteiger partial charge in [-0.1, -0.05) is 30.3 Å². The van der Waals surface area contributed by atoms with Crippen LogP contribution in [0.25, 0.3) is 16.6 Å². The van der Waals surface area contributed by atoms with Crippen LogP contribution in [-0.4, -0.2) is 39.5 Å². The number of aryl methyl sites for hydroxylation is 1. The summed E-state index contributed by atoms with van der Waals surface area (Å²) in [5.41, 5.74) is 9.25. The molecule has 10 nitrogen and oxygen atoms in total. The SMILES string of the molecule is COc1cc2ncnc(Oc3ccc(C4CCCn5c4c(C(N)=O)c(=O)n5-c4ccccc4)cc3C)c2cc1OC. The fourth-order valence-corrected chi connectivity index (χ4v) is 5.65. The number of nitrogens with two attached hydrogens (primary N) is 1. The molecule has 1 aliphatic rings. The first kappa shape index (κ1) is 26.1. The summed E-state index contributed by atoms with van der Waals surface area (Å²) in [4.78, 5) is 34.8. The molecule has 1 atom stereocenters. The number of ether oxygens (including phenoxy) is 3. The van der Waals surface area contributed by atoms with Gasteiger partial charge in [0.1, 0.15) is 17.6 Å². The maximum Gasteiger partial charge on any atom is 0.284 e. The van der Waals surface area contributed by atoms with Crippen molar-refractivity contribution < 1.29 is 19.0 Å². The van der Waals surface area contributed by atoms with E-state index in [0.717, 1.165) is 24.0 Å². The van der Waals surface area contributed by atoms with Crippen LogP contribution in [0.2, 0.25) is 0 Å². The summed E-state index contributed by atoms with van der Waals surface area (Å²) < 4.78 is 20.6. The van der Waals surface area contributed by atoms with Gasteiger partial charge < -0.3 is 19.9 Å². The Balaban J connectivity index is 1.39. The molecule has 2 N–H and O–H groups in total. The van der Waals surface area contributed by atoms with Gasteiger partial charge in [0, 0.05) is 18.5 Å². The third-order valence-electron chi connectivity index (χ3n) is 7.53. The van der Waals surface area contributed by atoms with Crippen LogP contribution in [0.1, 0.15) is 45.9 Å². The number of para-hydroxylation sites is 1. The van der Waals surface area contributed by atoms with E-state index in [0.29, 0.717) is 52.0 Å². The van der Waals surface area contributed by atoms with Gasteiger partial charge in [0.05, 0.1) is 36.5 Å². The number of benzene rings is 3. The summed E-state index contributed by atoms with van der Waals surface area (Å²) in [5.74, 6) is 1.20. The van der Waals surface area contributed by atoms with Crippen LogP contribution in [-0.2, 0) is 6.54 Å². The molecule has 0 bridgehead atoms. The lowest BCUT2D eigenvalue weighted by Gasteiger charge is -2.27. The Hall–Kier alpha value is -5.12. The van der Waals surface area contributed by atoms with Crippen LogP contribution in [0.4, 0.5) is 0 Å². The number of aromatic nitrogens is 4. The average Bonchev–Trinajstić information content (AvgIpc) is 3.30. The summed E-state index contributed by atoms with van der Waals surface area (Å²) >= 11 is 0. The summed E-state index contributed by atoms with van der Waals surface area (Å²) in [7, 11) is 3.14. The van der Waals surface area contributed by atoms with Gasteiger partial charge in [-0.05, 0) is 55.2 Å². The van der Waals surface area contributed by atoms with Crippen molar-refractivity contribution in [2.45, 2.75) is 32.2 Å². The van der Waals surface area contributed by atoms with Gasteiger partial charge >= 0.3 is 0 Å². The predicted molar refractivity (Wildman–Crippen MR) is 154 cm³/mol. The summed E-state index contributed by atoms with van der Waals surface area (Å²) in [6, 6.07) is 18.7. The quantitative estimate of drug-likeness (QED) is 0.310. The largest absolute Gasteiger partial charge is 0.493 e. The van der Waals surface area contributed by atoms with E-state index < -0.39 is 11.5 Å². The molecule has 0 saturated heterocycles. The molecule has 5 aromatic rings. The Morgan fingerprint density at radius 2 is 1.73 bits per heavy atom. The first-order valence-corrected chi connectivity index (χ1v) is 13.3. The minimum absolute atomic E-state index is 0.0355. The van der Waals surface area contributed by atoms with Crippen molar-refractivity contribution in [2.75, 3.05) is 14.2 Å². The lowest BCUT2D eigenvalue weighted by molar-refractivity contribution is 0.0997. The van der Waals surface area contributed by atoms with E-state index in [4.69, 9.17) is 19.9 Å². The standard InChI is InChI=1S/C31H29N5O5/c1-18-14-19(11-12-24(18)41-30-22-15-25(39-2)26(40-3)16-23(22)33-17-34-30)21-10-7-13-35-28(21)27(29(32)37)31(38)36(35)20-8-5-4-6-9-20/h4-6,8-9,11-12,14-17,21H,7,10,13H2,1-3H3,(H2,32,37). The maximum absolute atomic E-state index is 13.5. The minimum atomic E-state index is -0.722. The Morgan fingerprint density at radius 3 is 2.44 bits per heavy atom. The second-order valence-electron chi connectivity index (χ2n) is 9.93. The van der Waals surface area contributed by atoms with Gasteiger partial charge in [-0.25, -0.2) is 14.6 Å². The molecule has 0 aliphatic carbocycles. The zero-order chi connectivity index (χ0) is 28.7. The number of rotatable bonds is 7. The number of hydrogen-bond donors (Lipinski definition) is 1. The first-order chi connectivity index (χ1) is 19.9. The molecule has 0 radical (unpaired) electrons. The van der Waals surface area contributed by atoms with E-state index in [2.05, 4.69) is 9.97 Å². The van der Waals surface area contributed by atoms with Crippen LogP contribution < -0.4 is 25.5 Å². The van der Waals surface area contributed by atoms with Crippen LogP contribution in [0.3, 0.4) is 0 Å². The first-order valence-electron chi connectivity index (χ1n) is 13.3. The number of carbonyl (C=O) groups is 1. The van der Waals surface area contributed by atoms with Crippen LogP contribution in [0, 0.1) is 6.92 Å². The number of carbonyl (C=O) groups excluding carboxylic acids is 1. The second kappa shape index (κ2) is 10.5. The van der Waals surface area contributed by atoms with Crippen molar-refractivity contribution in [1.82, 2.24) is 19.3 Å². The molecular weight excluding hydrogens is 522 g/mol. The normalized spacial score (nSPS) is 14.5. The van der Waals surface area contributed by atoms with Crippen molar-refractivity contribution in [3.8, 4) is 28.8 Å². The number of methoxy groups -OCH3 is 2. The van der Waals surface area contributed by atoms with Gasteiger partial charge in [-0.2, -0.15) is 0 Å². The summed E-state index contributed by atoms with van der Waals surface area (Å²) in [6.07, 6.45) is 3.06. The summed E-state index contributed by atoms with van der Waals surface area (Å²) in [5, 5.41) is 0.679. The Kier molecular flexibility index (Phi) is 6.66. The van der Waals surface area contributed by atoms with E-state index in [1.54, 1.807) is 31.0 Å². The minimum Gasteiger partial charge on any atom is -0.493 e. The third-order valence-corrected chi connectivity index (χ3v) is 7.53. The lowest BCUT2D eigenvalue weighted by Crippen LogP contribution is -2.26. The van der Waals surface area contributed by atoms with Gasteiger partial charge in [0.25, 0.3) is 11.5 Å². The second-order valence-corrected chi connectivity index (χ2v) is 9.93. The Labute approximate surface area is 235 Å². The van der Waals surface area contributed by atoms with Gasteiger partial charge in [-0.3, -0.25) is 14.3 Å². The van der Waals surface area contributed by atoms with E-state index in [-0.39, 0.29) is 11.5 Å². The van der Waals surface area contributed by atoms with E-state index in [9.17, 15) is 9.59 Å². The fraction of sp³-hybridized carbons (Fsp3) is 0.226. The zero-order valence-electron chi connectivity index (χ0n) is 23.0. The molecule has 6 rings (SSSR count). The molecular formula is C31H29N5O5. The van der Waals surface area contributed by atoms with E-state index in [1.165, 1.54) is 6.33 Å². The number of hydrogen-bond acceptors (Lipinski definition) is 7. The Morgan fingerprint density at radius 1 is 0.976 bits per heavy atom. The third kappa shape index (κ3) is 4.47.